The highest BCUT2D eigenvalue weighted by Crippen LogP contribution is 2.33. The maximum Gasteiger partial charge on any atom is 0.238 e. The lowest BCUT2D eigenvalue weighted by Gasteiger charge is -2.32. The van der Waals surface area contributed by atoms with Crippen LogP contribution in [0, 0.1) is 11.3 Å². The Morgan fingerprint density at radius 3 is 2.75 bits per heavy atom. The first kappa shape index (κ1) is 16.2. The number of likely N-dealkylation sites (N-methyl/N-ethyl adjacent to an activating group) is 1. The van der Waals surface area contributed by atoms with Gasteiger partial charge in [0.15, 0.2) is 0 Å². The van der Waals surface area contributed by atoms with Crippen LogP contribution in [0.4, 0.5) is 5.69 Å². The minimum absolute atomic E-state index is 0.0368. The summed E-state index contributed by atoms with van der Waals surface area (Å²) in [5, 5.41) is 11.7. The van der Waals surface area contributed by atoms with Gasteiger partial charge in [-0.15, -0.1) is 0 Å². The van der Waals surface area contributed by atoms with Crippen molar-refractivity contribution in [2.75, 3.05) is 18.9 Å². The van der Waals surface area contributed by atoms with Crippen molar-refractivity contribution in [1.29, 1.82) is 5.26 Å². The van der Waals surface area contributed by atoms with E-state index in [0.29, 0.717) is 18.2 Å². The molecule has 0 heterocycles. The zero-order chi connectivity index (χ0) is 16.9. The number of hydrogen-bond acceptors (Lipinski definition) is 3. The summed E-state index contributed by atoms with van der Waals surface area (Å²) in [6.07, 6.45) is 3.36. The standard InChI is InChI=1S/C20H21N3O/c1-23(19-8-4-6-16-5-2-3-7-18(16)19)14-20(24)22-17-11-9-15(13-21)10-12-17/h2-3,5,7,9-12,19H,4,6,8,14H2,1H3,(H,22,24)/t19-/m0/s1. The van der Waals surface area contributed by atoms with Crippen molar-refractivity contribution in [3.63, 3.8) is 0 Å². The number of hydrogen-bond donors (Lipinski definition) is 1. The summed E-state index contributed by atoms with van der Waals surface area (Å²) in [7, 11) is 2.01. The number of nitrogens with one attached hydrogen (secondary N) is 1. The number of aryl methyl sites for hydroxylation is 1. The molecule has 0 fully saturated rings. The third-order valence-electron chi connectivity index (χ3n) is 4.56. The van der Waals surface area contributed by atoms with E-state index >= 15 is 0 Å². The molecule has 1 amide bonds. The normalized spacial score (nSPS) is 16.3. The minimum Gasteiger partial charge on any atom is -0.325 e. The second-order valence-electron chi connectivity index (χ2n) is 6.26. The third kappa shape index (κ3) is 3.64. The van der Waals surface area contributed by atoms with Crippen molar-refractivity contribution < 1.29 is 4.79 Å². The molecule has 0 aliphatic heterocycles. The Morgan fingerprint density at radius 2 is 2.00 bits per heavy atom. The molecule has 122 valence electrons. The molecule has 1 N–H and O–H groups in total. The number of nitrogens with zero attached hydrogens (tertiary/aromatic N) is 2. The molecule has 0 radical (unpaired) electrons. The fourth-order valence-electron chi connectivity index (χ4n) is 3.35. The predicted molar refractivity (Wildman–Crippen MR) is 94.5 cm³/mol. The van der Waals surface area contributed by atoms with Gasteiger partial charge in [-0.2, -0.15) is 5.26 Å². The monoisotopic (exact) mass is 319 g/mol. The first-order valence-corrected chi connectivity index (χ1v) is 8.25. The summed E-state index contributed by atoms with van der Waals surface area (Å²) >= 11 is 0. The largest absolute Gasteiger partial charge is 0.325 e. The number of carbonyl (C=O) groups is 1. The number of rotatable bonds is 4. The molecule has 4 heteroatoms. The van der Waals surface area contributed by atoms with Gasteiger partial charge in [-0.3, -0.25) is 9.69 Å². The maximum atomic E-state index is 12.3. The van der Waals surface area contributed by atoms with Gasteiger partial charge in [0, 0.05) is 11.7 Å². The van der Waals surface area contributed by atoms with Gasteiger partial charge in [0.05, 0.1) is 18.2 Å². The highest BCUT2D eigenvalue weighted by molar-refractivity contribution is 5.92. The highest BCUT2D eigenvalue weighted by atomic mass is 16.2. The summed E-state index contributed by atoms with van der Waals surface area (Å²) in [6.45, 7) is 0.346. The summed E-state index contributed by atoms with van der Waals surface area (Å²) in [5.74, 6) is -0.0368. The van der Waals surface area contributed by atoms with Gasteiger partial charge in [-0.25, -0.2) is 0 Å². The van der Waals surface area contributed by atoms with Gasteiger partial charge < -0.3 is 5.32 Å². The molecule has 1 aliphatic carbocycles. The Labute approximate surface area is 142 Å². The number of benzene rings is 2. The van der Waals surface area contributed by atoms with Crippen molar-refractivity contribution in [2.24, 2.45) is 0 Å². The zero-order valence-corrected chi connectivity index (χ0v) is 13.8. The molecule has 0 saturated heterocycles. The first-order valence-electron chi connectivity index (χ1n) is 8.25. The maximum absolute atomic E-state index is 12.3. The van der Waals surface area contributed by atoms with Gasteiger partial charge >= 0.3 is 0 Å². The van der Waals surface area contributed by atoms with Gasteiger partial charge in [0.2, 0.25) is 5.91 Å². The lowest BCUT2D eigenvalue weighted by molar-refractivity contribution is -0.117. The van der Waals surface area contributed by atoms with Crippen LogP contribution in [0.5, 0.6) is 0 Å². The summed E-state index contributed by atoms with van der Waals surface area (Å²) in [5.41, 5.74) is 4.05. The molecule has 0 unspecified atom stereocenters. The second kappa shape index (κ2) is 7.29. The molecule has 3 rings (SSSR count). The van der Waals surface area contributed by atoms with E-state index in [0.717, 1.165) is 24.9 Å². The van der Waals surface area contributed by atoms with E-state index in [1.54, 1.807) is 24.3 Å². The molecular weight excluding hydrogens is 298 g/mol. The Hall–Kier alpha value is -2.64. The Balaban J connectivity index is 1.63. The van der Waals surface area contributed by atoms with Gasteiger partial charge in [-0.05, 0) is 61.7 Å². The molecule has 0 saturated carbocycles. The van der Waals surface area contributed by atoms with Crippen LogP contribution in [0.2, 0.25) is 0 Å². The molecule has 0 spiro atoms. The number of carbonyl (C=O) groups excluding carboxylic acids is 1. The third-order valence-corrected chi connectivity index (χ3v) is 4.56. The molecular formula is C20H21N3O. The van der Waals surface area contributed by atoms with E-state index in [1.807, 2.05) is 7.05 Å². The molecule has 0 bridgehead atoms. The predicted octanol–water partition coefficient (Wildman–Crippen LogP) is 3.51. The lowest BCUT2D eigenvalue weighted by atomic mass is 9.87. The fraction of sp³-hybridized carbons (Fsp3) is 0.300. The van der Waals surface area contributed by atoms with E-state index in [4.69, 9.17) is 5.26 Å². The summed E-state index contributed by atoms with van der Waals surface area (Å²) in [4.78, 5) is 14.4. The molecule has 2 aromatic rings. The topological polar surface area (TPSA) is 56.1 Å². The molecule has 0 aromatic heterocycles. The van der Waals surface area contributed by atoms with Crippen LogP contribution in [-0.4, -0.2) is 24.4 Å². The van der Waals surface area contributed by atoms with Gasteiger partial charge in [0.25, 0.3) is 0 Å². The molecule has 24 heavy (non-hydrogen) atoms. The second-order valence-corrected chi connectivity index (χ2v) is 6.26. The van der Waals surface area contributed by atoms with E-state index in [-0.39, 0.29) is 5.91 Å². The number of amides is 1. The van der Waals surface area contributed by atoms with Crippen molar-refractivity contribution in [3.8, 4) is 6.07 Å². The number of anilines is 1. The van der Waals surface area contributed by atoms with E-state index in [9.17, 15) is 4.79 Å². The highest BCUT2D eigenvalue weighted by Gasteiger charge is 2.24. The van der Waals surface area contributed by atoms with Gasteiger partial charge in [0.1, 0.15) is 0 Å². The lowest BCUT2D eigenvalue weighted by Crippen LogP contribution is -2.34. The van der Waals surface area contributed by atoms with Crippen molar-refractivity contribution in [3.05, 3.63) is 65.2 Å². The SMILES string of the molecule is CN(CC(=O)Nc1ccc(C#N)cc1)[C@H]1CCCc2ccccc21. The summed E-state index contributed by atoms with van der Waals surface area (Å²) in [6, 6.07) is 17.8. The molecule has 4 nitrogen and oxygen atoms in total. The number of nitriles is 1. The van der Waals surface area contributed by atoms with E-state index < -0.39 is 0 Å². The van der Waals surface area contributed by atoms with Crippen molar-refractivity contribution >= 4 is 11.6 Å². The zero-order valence-electron chi connectivity index (χ0n) is 13.8. The Morgan fingerprint density at radius 1 is 1.25 bits per heavy atom. The van der Waals surface area contributed by atoms with Gasteiger partial charge in [-0.1, -0.05) is 24.3 Å². The van der Waals surface area contributed by atoms with E-state index in [1.165, 1.54) is 11.1 Å². The fourth-order valence-corrected chi connectivity index (χ4v) is 3.35. The van der Waals surface area contributed by atoms with Crippen LogP contribution in [0.3, 0.4) is 0 Å². The van der Waals surface area contributed by atoms with Crippen LogP contribution in [0.15, 0.2) is 48.5 Å². The molecule has 2 aromatic carbocycles. The quantitative estimate of drug-likeness (QED) is 0.938. The Bertz CT molecular complexity index is 761. The smallest absolute Gasteiger partial charge is 0.238 e. The molecule has 1 aliphatic rings. The van der Waals surface area contributed by atoms with E-state index in [2.05, 4.69) is 40.6 Å². The van der Waals surface area contributed by atoms with Crippen LogP contribution in [0.25, 0.3) is 0 Å². The number of fused-ring (bicyclic) bond motifs is 1. The van der Waals surface area contributed by atoms with Crippen LogP contribution >= 0.6 is 0 Å². The first-order chi connectivity index (χ1) is 11.7. The minimum atomic E-state index is -0.0368. The average Bonchev–Trinajstić information content (AvgIpc) is 2.61. The summed E-state index contributed by atoms with van der Waals surface area (Å²) < 4.78 is 0. The van der Waals surface area contributed by atoms with Crippen LogP contribution in [0.1, 0.15) is 35.6 Å². The average molecular weight is 319 g/mol. The molecule has 1 atom stereocenters. The van der Waals surface area contributed by atoms with Crippen molar-refractivity contribution in [2.45, 2.75) is 25.3 Å². The Kier molecular flexibility index (Phi) is 4.93. The van der Waals surface area contributed by atoms with Crippen LogP contribution < -0.4 is 5.32 Å². The van der Waals surface area contributed by atoms with Crippen molar-refractivity contribution in [1.82, 2.24) is 4.90 Å². The van der Waals surface area contributed by atoms with Crippen LogP contribution in [-0.2, 0) is 11.2 Å².